The van der Waals surface area contributed by atoms with Crippen LogP contribution < -0.4 is 41.8 Å². The minimum absolute atomic E-state index is 0. The van der Waals surface area contributed by atoms with Gasteiger partial charge in [-0.05, 0) is 31.9 Å². The van der Waals surface area contributed by atoms with E-state index in [1.165, 1.54) is 22.4 Å². The van der Waals surface area contributed by atoms with Crippen LogP contribution in [0.1, 0.15) is 16.7 Å². The Balaban J connectivity index is -0.000000562. The predicted octanol–water partition coefficient (Wildman–Crippen LogP) is -6.77. The van der Waals surface area contributed by atoms with Crippen LogP contribution >= 0.6 is 0 Å². The quantitative estimate of drug-likeness (QED) is 0.387. The molecule has 0 spiro atoms. The fourth-order valence-electron chi connectivity index (χ4n) is 2.01. The third-order valence-corrected chi connectivity index (χ3v) is 2.44. The van der Waals surface area contributed by atoms with Gasteiger partial charge in [0.2, 0.25) is 6.33 Å². The summed E-state index contributed by atoms with van der Waals surface area (Å²) in [6.45, 7) is 6.43. The van der Waals surface area contributed by atoms with Gasteiger partial charge in [-0.15, -0.1) is 0 Å². The summed E-state index contributed by atoms with van der Waals surface area (Å²) in [5.74, 6) is 0. The second-order valence-corrected chi connectivity index (χ2v) is 3.77. The van der Waals surface area contributed by atoms with E-state index in [0.717, 1.165) is 0 Å². The molecule has 0 aliphatic carbocycles. The molecule has 1 radical (unpaired) electrons. The third-order valence-electron chi connectivity index (χ3n) is 2.44. The number of halogens is 3. The molecule has 105 valence electrons. The summed E-state index contributed by atoms with van der Waals surface area (Å²) < 4.78 is 2.12. The monoisotopic (exact) mass is 355 g/mol. The molecule has 0 atom stereocenters. The third kappa shape index (κ3) is 4.83. The topological polar surface area (TPSA) is 19.7 Å². The SMILES string of the molecule is Cc1cc(C)c(-[n+]2cc[nH]c2)c(C)c1.[Cl-].[Cl-].[Cl-].[Cu+2]. The van der Waals surface area contributed by atoms with Crippen molar-refractivity contribution in [3.05, 3.63) is 47.5 Å². The molecule has 0 fully saturated rings. The van der Waals surface area contributed by atoms with Crippen LogP contribution in [0, 0.1) is 20.8 Å². The van der Waals surface area contributed by atoms with Crippen LogP contribution in [0.5, 0.6) is 0 Å². The van der Waals surface area contributed by atoms with E-state index in [1.807, 2.05) is 18.7 Å². The number of rotatable bonds is 1. The molecule has 0 amide bonds. The Kier molecular flexibility index (Phi) is 12.4. The average Bonchev–Trinajstić information content (AvgIpc) is 2.54. The number of H-pyrrole nitrogens is 1. The number of aryl methyl sites for hydroxylation is 3. The average molecular weight is 357 g/mol. The van der Waals surface area contributed by atoms with Crippen molar-refractivity contribution in [2.45, 2.75) is 20.8 Å². The van der Waals surface area contributed by atoms with E-state index < -0.39 is 0 Å². The number of imidazole rings is 1. The summed E-state index contributed by atoms with van der Waals surface area (Å²) in [6.07, 6.45) is 5.92. The van der Waals surface area contributed by atoms with Crippen LogP contribution in [0.25, 0.3) is 5.69 Å². The van der Waals surface area contributed by atoms with Crippen molar-refractivity contribution in [1.82, 2.24) is 4.98 Å². The van der Waals surface area contributed by atoms with Gasteiger partial charge in [-0.3, -0.25) is 0 Å². The Labute approximate surface area is 137 Å². The summed E-state index contributed by atoms with van der Waals surface area (Å²) in [5.41, 5.74) is 5.22. The van der Waals surface area contributed by atoms with Crippen molar-refractivity contribution in [1.29, 1.82) is 0 Å². The van der Waals surface area contributed by atoms with Crippen molar-refractivity contribution in [3.63, 3.8) is 0 Å². The van der Waals surface area contributed by atoms with Gasteiger partial charge in [0.1, 0.15) is 18.1 Å². The second kappa shape index (κ2) is 9.71. The van der Waals surface area contributed by atoms with Gasteiger partial charge in [-0.2, -0.15) is 0 Å². The molecule has 1 heterocycles. The van der Waals surface area contributed by atoms with Crippen molar-refractivity contribution >= 4 is 0 Å². The van der Waals surface area contributed by atoms with E-state index in [0.29, 0.717) is 0 Å². The number of benzene rings is 1. The maximum atomic E-state index is 3.06. The number of aromatic amines is 1. The van der Waals surface area contributed by atoms with Gasteiger partial charge in [-0.1, -0.05) is 17.7 Å². The van der Waals surface area contributed by atoms with E-state index in [-0.39, 0.29) is 54.3 Å². The maximum Gasteiger partial charge on any atom is 2.00 e. The van der Waals surface area contributed by atoms with Crippen molar-refractivity contribution in [3.8, 4) is 5.69 Å². The molecule has 1 aromatic heterocycles. The number of hydrogen-bond acceptors (Lipinski definition) is 0. The number of nitrogens with one attached hydrogen (secondary N) is 1. The van der Waals surface area contributed by atoms with Crippen LogP contribution in [0.2, 0.25) is 0 Å². The van der Waals surface area contributed by atoms with Crippen molar-refractivity contribution < 1.29 is 58.9 Å². The second-order valence-electron chi connectivity index (χ2n) is 3.77. The molecule has 0 aliphatic rings. The summed E-state index contributed by atoms with van der Waals surface area (Å²) in [5, 5.41) is 0. The Morgan fingerprint density at radius 2 is 1.44 bits per heavy atom. The first-order valence-electron chi connectivity index (χ1n) is 4.81. The largest absolute Gasteiger partial charge is 2.00 e. The molecule has 0 unspecified atom stereocenters. The van der Waals surface area contributed by atoms with E-state index in [2.05, 4.69) is 42.5 Å². The first-order chi connectivity index (χ1) is 6.68. The molecule has 0 aliphatic heterocycles. The van der Waals surface area contributed by atoms with Crippen molar-refractivity contribution in [2.24, 2.45) is 0 Å². The molecule has 1 N–H and O–H groups in total. The molecule has 18 heavy (non-hydrogen) atoms. The summed E-state index contributed by atoms with van der Waals surface area (Å²) in [7, 11) is 0. The molecule has 0 saturated carbocycles. The summed E-state index contributed by atoms with van der Waals surface area (Å²) in [4.78, 5) is 3.06. The summed E-state index contributed by atoms with van der Waals surface area (Å²) in [6, 6.07) is 4.42. The van der Waals surface area contributed by atoms with Crippen LogP contribution in [0.4, 0.5) is 0 Å². The molecular formula is C12H15Cl3CuN2. The minimum atomic E-state index is 0. The Morgan fingerprint density at radius 1 is 0.944 bits per heavy atom. The molecule has 0 bridgehead atoms. The minimum Gasteiger partial charge on any atom is -1.00 e. The Morgan fingerprint density at radius 3 is 1.83 bits per heavy atom. The van der Waals surface area contributed by atoms with Gasteiger partial charge in [0, 0.05) is 0 Å². The smallest absolute Gasteiger partial charge is 1.00 e. The van der Waals surface area contributed by atoms with Gasteiger partial charge in [0.05, 0.1) is 0 Å². The zero-order valence-corrected chi connectivity index (χ0v) is 13.5. The number of nitrogens with zero attached hydrogens (tertiary/aromatic N) is 1. The van der Waals surface area contributed by atoms with Crippen LogP contribution in [0.15, 0.2) is 30.9 Å². The van der Waals surface area contributed by atoms with Gasteiger partial charge in [0.25, 0.3) is 0 Å². The molecule has 1 aromatic carbocycles. The maximum absolute atomic E-state index is 3.06. The summed E-state index contributed by atoms with van der Waals surface area (Å²) >= 11 is 0. The van der Waals surface area contributed by atoms with E-state index in [4.69, 9.17) is 0 Å². The van der Waals surface area contributed by atoms with Crippen LogP contribution in [0.3, 0.4) is 0 Å². The van der Waals surface area contributed by atoms with Gasteiger partial charge in [0.15, 0.2) is 0 Å². The zero-order valence-electron chi connectivity index (χ0n) is 10.3. The normalized spacial score (nSPS) is 8.17. The van der Waals surface area contributed by atoms with Crippen LogP contribution in [-0.4, -0.2) is 4.98 Å². The fraction of sp³-hybridized carbons (Fsp3) is 0.250. The zero-order chi connectivity index (χ0) is 10.1. The number of aromatic nitrogens is 2. The molecular weight excluding hydrogens is 342 g/mol. The first-order valence-corrected chi connectivity index (χ1v) is 4.81. The van der Waals surface area contributed by atoms with Gasteiger partial charge in [-0.25, -0.2) is 9.55 Å². The molecule has 2 rings (SSSR count). The van der Waals surface area contributed by atoms with Gasteiger partial charge >= 0.3 is 17.1 Å². The number of hydrogen-bond donors (Lipinski definition) is 1. The van der Waals surface area contributed by atoms with Gasteiger partial charge < -0.3 is 37.2 Å². The Hall–Kier alpha value is -0.181. The fourth-order valence-corrected chi connectivity index (χ4v) is 2.01. The molecule has 2 nitrogen and oxygen atoms in total. The standard InChI is InChI=1S/C12H14N2.3ClH.Cu/c1-9-6-10(2)12(11(3)7-9)14-5-4-13-8-14;;;;/h4-8H,1-3H3;3*1H;/q;;;;+2/p-2. The molecule has 0 saturated heterocycles. The van der Waals surface area contributed by atoms with Crippen LogP contribution in [-0.2, 0) is 17.1 Å². The van der Waals surface area contributed by atoms with E-state index in [9.17, 15) is 0 Å². The molecule has 2 aromatic rings. The first kappa shape index (κ1) is 23.0. The van der Waals surface area contributed by atoms with E-state index in [1.54, 1.807) is 0 Å². The van der Waals surface area contributed by atoms with Crippen molar-refractivity contribution in [2.75, 3.05) is 0 Å². The van der Waals surface area contributed by atoms with E-state index >= 15 is 0 Å². The predicted molar refractivity (Wildman–Crippen MR) is 56.5 cm³/mol. The molecule has 6 heteroatoms. The Bertz CT molecular complexity index is 435.